The van der Waals surface area contributed by atoms with Crippen LogP contribution < -0.4 is 15.5 Å². The topological polar surface area (TPSA) is 49.4 Å². The molecular weight excluding hydrogens is 392 g/mol. The summed E-state index contributed by atoms with van der Waals surface area (Å²) in [6.07, 6.45) is 6.44. The predicted octanol–water partition coefficient (Wildman–Crippen LogP) is 3.43. The van der Waals surface area contributed by atoms with Crippen molar-refractivity contribution in [2.45, 2.75) is 50.2 Å². The maximum Gasteiger partial charge on any atom is 0.186 e. The van der Waals surface area contributed by atoms with Crippen LogP contribution in [0.3, 0.4) is 0 Å². The first kappa shape index (κ1) is 20.4. The largest absolute Gasteiger partial charge is 0.379 e. The van der Waals surface area contributed by atoms with E-state index >= 15 is 0 Å². The number of piperidine rings is 1. The van der Waals surface area contributed by atoms with Crippen molar-refractivity contribution >= 4 is 39.1 Å². The van der Waals surface area contributed by atoms with Gasteiger partial charge in [0.25, 0.3) is 0 Å². The standard InChI is InChI=1S/C21H30N4OS.ClH/c1-2-7-20-18(5-1)24-21(27-20)25-11-8-15(9-12-25)23-17-6-3-4-16(17)19-14-26-13-10-22-19;/h1-2,5,7,15-17,19,22-23H,3-4,6,8-14H2;1H. The Morgan fingerprint density at radius 2 is 2.00 bits per heavy atom. The average Bonchev–Trinajstić information content (AvgIpc) is 3.36. The highest BCUT2D eigenvalue weighted by Gasteiger charge is 2.36. The number of morpholine rings is 1. The molecule has 1 saturated carbocycles. The number of halogens is 1. The summed E-state index contributed by atoms with van der Waals surface area (Å²) in [5, 5.41) is 8.91. The van der Waals surface area contributed by atoms with Crippen LogP contribution in [0, 0.1) is 5.92 Å². The first-order valence-electron chi connectivity index (χ1n) is 10.5. The van der Waals surface area contributed by atoms with Crippen molar-refractivity contribution in [2.24, 2.45) is 5.92 Å². The second-order valence-corrected chi connectivity index (χ2v) is 9.24. The van der Waals surface area contributed by atoms with Crippen LogP contribution in [-0.2, 0) is 4.74 Å². The summed E-state index contributed by atoms with van der Waals surface area (Å²) in [4.78, 5) is 7.32. The number of rotatable bonds is 4. The molecule has 0 spiro atoms. The predicted molar refractivity (Wildman–Crippen MR) is 119 cm³/mol. The summed E-state index contributed by atoms with van der Waals surface area (Å²) in [5.41, 5.74) is 1.13. The van der Waals surface area contributed by atoms with Crippen molar-refractivity contribution in [2.75, 3.05) is 37.7 Å². The lowest BCUT2D eigenvalue weighted by molar-refractivity contribution is 0.0514. The van der Waals surface area contributed by atoms with Crippen molar-refractivity contribution in [3.05, 3.63) is 24.3 Å². The van der Waals surface area contributed by atoms with Gasteiger partial charge >= 0.3 is 0 Å². The Kier molecular flexibility index (Phi) is 6.74. The van der Waals surface area contributed by atoms with Crippen molar-refractivity contribution < 1.29 is 4.74 Å². The van der Waals surface area contributed by atoms with Gasteiger partial charge in [-0.05, 0) is 43.7 Å². The van der Waals surface area contributed by atoms with Gasteiger partial charge in [0.1, 0.15) is 0 Å². The number of hydrogen-bond donors (Lipinski definition) is 2. The molecule has 2 aromatic rings. The van der Waals surface area contributed by atoms with E-state index in [0.717, 1.165) is 44.3 Å². The molecule has 7 heteroatoms. The molecule has 5 nitrogen and oxygen atoms in total. The summed E-state index contributed by atoms with van der Waals surface area (Å²) in [6.45, 7) is 4.98. The van der Waals surface area contributed by atoms with Gasteiger partial charge in [0, 0.05) is 37.8 Å². The van der Waals surface area contributed by atoms with Gasteiger partial charge in [0.15, 0.2) is 5.13 Å². The molecular formula is C21H31ClN4OS. The molecule has 5 rings (SSSR count). The smallest absolute Gasteiger partial charge is 0.186 e. The Balaban J connectivity index is 0.00000192. The molecule has 28 heavy (non-hydrogen) atoms. The number of nitrogens with one attached hydrogen (secondary N) is 2. The number of fused-ring (bicyclic) bond motifs is 1. The zero-order valence-electron chi connectivity index (χ0n) is 16.3. The van der Waals surface area contributed by atoms with Crippen molar-refractivity contribution in [1.29, 1.82) is 0 Å². The van der Waals surface area contributed by atoms with E-state index in [2.05, 4.69) is 39.8 Å². The second kappa shape index (κ2) is 9.26. The van der Waals surface area contributed by atoms with Crippen molar-refractivity contribution in [3.8, 4) is 0 Å². The third-order valence-corrected chi connectivity index (χ3v) is 7.63. The van der Waals surface area contributed by atoms with Crippen LogP contribution in [0.2, 0.25) is 0 Å². The minimum atomic E-state index is 0. The van der Waals surface area contributed by atoms with Crippen LogP contribution in [0.15, 0.2) is 24.3 Å². The van der Waals surface area contributed by atoms with Gasteiger partial charge in [-0.25, -0.2) is 4.98 Å². The van der Waals surface area contributed by atoms with E-state index < -0.39 is 0 Å². The molecule has 1 aromatic heterocycles. The lowest BCUT2D eigenvalue weighted by Crippen LogP contribution is -2.53. The van der Waals surface area contributed by atoms with E-state index in [1.807, 2.05) is 11.3 Å². The lowest BCUT2D eigenvalue weighted by Gasteiger charge is -2.37. The molecule has 1 aliphatic carbocycles. The van der Waals surface area contributed by atoms with Gasteiger partial charge in [0.2, 0.25) is 0 Å². The highest BCUT2D eigenvalue weighted by Crippen LogP contribution is 2.32. The van der Waals surface area contributed by atoms with Gasteiger partial charge in [0.05, 0.1) is 23.4 Å². The highest BCUT2D eigenvalue weighted by atomic mass is 35.5. The molecule has 1 aromatic carbocycles. The van der Waals surface area contributed by atoms with E-state index in [4.69, 9.17) is 9.72 Å². The normalized spacial score (nSPS) is 29.1. The molecule has 2 aliphatic heterocycles. The third-order valence-electron chi connectivity index (χ3n) is 6.53. The third kappa shape index (κ3) is 4.31. The number of anilines is 1. The minimum Gasteiger partial charge on any atom is -0.379 e. The number of nitrogens with zero attached hydrogens (tertiary/aromatic N) is 2. The molecule has 0 radical (unpaired) electrons. The fourth-order valence-electron chi connectivity index (χ4n) is 5.07. The van der Waals surface area contributed by atoms with Crippen LogP contribution in [-0.4, -0.2) is 56.0 Å². The Morgan fingerprint density at radius 1 is 1.14 bits per heavy atom. The maximum absolute atomic E-state index is 5.72. The molecule has 0 amide bonds. The Bertz CT molecular complexity index is 725. The first-order chi connectivity index (χ1) is 13.4. The summed E-state index contributed by atoms with van der Waals surface area (Å²) >= 11 is 1.83. The fraction of sp³-hybridized carbons (Fsp3) is 0.667. The summed E-state index contributed by atoms with van der Waals surface area (Å²) in [5.74, 6) is 0.729. The summed E-state index contributed by atoms with van der Waals surface area (Å²) in [7, 11) is 0. The molecule has 154 valence electrons. The fourth-order valence-corrected chi connectivity index (χ4v) is 6.09. The average molecular weight is 423 g/mol. The highest BCUT2D eigenvalue weighted by molar-refractivity contribution is 7.22. The van der Waals surface area contributed by atoms with Crippen LogP contribution >= 0.6 is 23.7 Å². The Morgan fingerprint density at radius 3 is 2.79 bits per heavy atom. The molecule has 2 saturated heterocycles. The molecule has 3 unspecified atom stereocenters. The van der Waals surface area contributed by atoms with E-state index in [-0.39, 0.29) is 12.4 Å². The van der Waals surface area contributed by atoms with Crippen LogP contribution in [0.5, 0.6) is 0 Å². The molecule has 0 bridgehead atoms. The van der Waals surface area contributed by atoms with E-state index in [1.54, 1.807) is 0 Å². The van der Waals surface area contributed by atoms with Gasteiger partial charge in [-0.3, -0.25) is 0 Å². The number of aromatic nitrogens is 1. The van der Waals surface area contributed by atoms with Crippen LogP contribution in [0.4, 0.5) is 5.13 Å². The Labute approximate surface area is 177 Å². The molecule has 3 fully saturated rings. The van der Waals surface area contributed by atoms with Gasteiger partial charge < -0.3 is 20.3 Å². The SMILES string of the molecule is Cl.c1ccc2sc(N3CCC(NC4CCCC4C4COCCN4)CC3)nc2c1. The van der Waals surface area contributed by atoms with E-state index in [0.29, 0.717) is 18.1 Å². The monoisotopic (exact) mass is 422 g/mol. The van der Waals surface area contributed by atoms with Crippen LogP contribution in [0.25, 0.3) is 10.2 Å². The van der Waals surface area contributed by atoms with Crippen molar-refractivity contribution in [3.63, 3.8) is 0 Å². The number of ether oxygens (including phenoxy) is 1. The molecule has 3 aliphatic rings. The zero-order valence-corrected chi connectivity index (χ0v) is 17.9. The second-order valence-electron chi connectivity index (χ2n) is 8.23. The van der Waals surface area contributed by atoms with Crippen LogP contribution in [0.1, 0.15) is 32.1 Å². The van der Waals surface area contributed by atoms with Gasteiger partial charge in [-0.1, -0.05) is 29.9 Å². The zero-order chi connectivity index (χ0) is 18.1. The summed E-state index contributed by atoms with van der Waals surface area (Å²) < 4.78 is 7.01. The van der Waals surface area contributed by atoms with E-state index in [9.17, 15) is 0 Å². The minimum absolute atomic E-state index is 0. The van der Waals surface area contributed by atoms with Crippen molar-refractivity contribution in [1.82, 2.24) is 15.6 Å². The molecule has 2 N–H and O–H groups in total. The maximum atomic E-state index is 5.72. The number of thiazole rings is 1. The number of para-hydroxylation sites is 1. The lowest BCUT2D eigenvalue weighted by atomic mass is 9.92. The van der Waals surface area contributed by atoms with E-state index in [1.165, 1.54) is 41.9 Å². The number of benzene rings is 1. The first-order valence-corrected chi connectivity index (χ1v) is 11.4. The molecule has 3 heterocycles. The Hall–Kier alpha value is -0.920. The summed E-state index contributed by atoms with van der Waals surface area (Å²) in [6, 6.07) is 10.3. The van der Waals surface area contributed by atoms with Gasteiger partial charge in [-0.2, -0.15) is 0 Å². The quantitative estimate of drug-likeness (QED) is 0.790. The van der Waals surface area contributed by atoms with Gasteiger partial charge in [-0.15, -0.1) is 12.4 Å². The number of hydrogen-bond acceptors (Lipinski definition) is 6. The molecule has 3 atom stereocenters.